The Hall–Kier alpha value is -2.48. The number of para-hydroxylation sites is 1. The van der Waals surface area contributed by atoms with Gasteiger partial charge in [0.15, 0.2) is 9.84 Å². The molecule has 2 aromatic rings. The fourth-order valence-corrected chi connectivity index (χ4v) is 3.53. The molecule has 1 aromatic heterocycles. The van der Waals surface area contributed by atoms with Crippen LogP contribution in [0.15, 0.2) is 46.9 Å². The molecule has 1 N–H and O–H groups in total. The highest BCUT2D eigenvalue weighted by Gasteiger charge is 2.23. The maximum Gasteiger partial charge on any atom is 0.261 e. The van der Waals surface area contributed by atoms with Gasteiger partial charge in [-0.2, -0.15) is 0 Å². The van der Waals surface area contributed by atoms with E-state index in [2.05, 4.69) is 10.3 Å². The second kappa shape index (κ2) is 5.38. The van der Waals surface area contributed by atoms with Crippen LogP contribution < -0.4 is 10.9 Å². The topological polar surface area (TPSA) is 98.1 Å². The Labute approximate surface area is 126 Å². The van der Waals surface area contributed by atoms with Crippen molar-refractivity contribution in [2.45, 2.75) is 12.6 Å². The van der Waals surface area contributed by atoms with Gasteiger partial charge in [0, 0.05) is 5.41 Å². The van der Waals surface area contributed by atoms with Crippen LogP contribution in [-0.4, -0.2) is 35.7 Å². The number of carbonyl (C=O) groups is 1. The minimum Gasteiger partial charge on any atom is -0.347 e. The predicted molar refractivity (Wildman–Crippen MR) is 80.9 cm³/mol. The van der Waals surface area contributed by atoms with E-state index < -0.39 is 21.8 Å². The second-order valence-electron chi connectivity index (χ2n) is 5.03. The van der Waals surface area contributed by atoms with E-state index in [1.54, 1.807) is 24.3 Å². The fourth-order valence-electron chi connectivity index (χ4n) is 2.29. The molecule has 1 aliphatic rings. The Balaban J connectivity index is 1.76. The molecule has 3 rings (SSSR count). The molecule has 0 saturated carbocycles. The van der Waals surface area contributed by atoms with Crippen LogP contribution in [0.2, 0.25) is 0 Å². The number of hydrogen-bond donors (Lipinski definition) is 1. The van der Waals surface area contributed by atoms with Crippen molar-refractivity contribution in [1.82, 2.24) is 14.9 Å². The van der Waals surface area contributed by atoms with Crippen LogP contribution in [-0.2, 0) is 21.2 Å². The molecule has 1 aromatic carbocycles. The van der Waals surface area contributed by atoms with Crippen LogP contribution >= 0.6 is 0 Å². The zero-order valence-corrected chi connectivity index (χ0v) is 12.3. The highest BCUT2D eigenvalue weighted by molar-refractivity contribution is 7.94. The summed E-state index contributed by atoms with van der Waals surface area (Å²) < 4.78 is 23.8. The Morgan fingerprint density at radius 2 is 2.14 bits per heavy atom. The van der Waals surface area contributed by atoms with Gasteiger partial charge in [0.05, 0.1) is 29.0 Å². The van der Waals surface area contributed by atoms with Gasteiger partial charge in [0.2, 0.25) is 5.91 Å². The van der Waals surface area contributed by atoms with E-state index in [-0.39, 0.29) is 17.9 Å². The number of amides is 1. The van der Waals surface area contributed by atoms with Crippen LogP contribution in [0.25, 0.3) is 10.9 Å². The number of fused-ring (bicyclic) bond motifs is 1. The first-order chi connectivity index (χ1) is 10.4. The summed E-state index contributed by atoms with van der Waals surface area (Å²) >= 11 is 0. The number of aromatic nitrogens is 2. The minimum absolute atomic E-state index is 0.149. The monoisotopic (exact) mass is 319 g/mol. The summed E-state index contributed by atoms with van der Waals surface area (Å²) in [4.78, 5) is 28.3. The van der Waals surface area contributed by atoms with Crippen LogP contribution in [0.5, 0.6) is 0 Å². The smallest absolute Gasteiger partial charge is 0.261 e. The third-order valence-electron chi connectivity index (χ3n) is 3.32. The lowest BCUT2D eigenvalue weighted by Gasteiger charge is -2.11. The maximum atomic E-state index is 12.2. The number of nitrogens with zero attached hydrogens (tertiary/aromatic N) is 2. The van der Waals surface area contributed by atoms with E-state index in [1.165, 1.54) is 17.0 Å². The quantitative estimate of drug-likeness (QED) is 0.846. The number of sulfone groups is 1. The van der Waals surface area contributed by atoms with Crippen molar-refractivity contribution in [3.63, 3.8) is 0 Å². The van der Waals surface area contributed by atoms with Gasteiger partial charge in [-0.05, 0) is 18.2 Å². The average molecular weight is 319 g/mol. The van der Waals surface area contributed by atoms with Gasteiger partial charge in [-0.15, -0.1) is 0 Å². The van der Waals surface area contributed by atoms with Crippen molar-refractivity contribution in [2.75, 3.05) is 5.75 Å². The molecule has 114 valence electrons. The maximum absolute atomic E-state index is 12.2. The van der Waals surface area contributed by atoms with Gasteiger partial charge in [-0.25, -0.2) is 13.4 Å². The molecule has 0 fully saturated rings. The van der Waals surface area contributed by atoms with Gasteiger partial charge in [0.25, 0.3) is 5.56 Å². The molecule has 1 aliphatic heterocycles. The van der Waals surface area contributed by atoms with Crippen LogP contribution in [0.3, 0.4) is 0 Å². The van der Waals surface area contributed by atoms with Gasteiger partial charge in [-0.3, -0.25) is 14.2 Å². The summed E-state index contributed by atoms with van der Waals surface area (Å²) in [7, 11) is -3.23. The van der Waals surface area contributed by atoms with E-state index in [9.17, 15) is 18.0 Å². The van der Waals surface area contributed by atoms with Crippen LogP contribution in [0, 0.1) is 0 Å². The predicted octanol–water partition coefficient (Wildman–Crippen LogP) is -0.177. The minimum atomic E-state index is -3.23. The Morgan fingerprint density at radius 3 is 2.86 bits per heavy atom. The lowest BCUT2D eigenvalue weighted by Crippen LogP contribution is -2.39. The molecule has 8 heteroatoms. The number of rotatable bonds is 3. The Morgan fingerprint density at radius 1 is 1.36 bits per heavy atom. The first-order valence-electron chi connectivity index (χ1n) is 6.59. The molecule has 0 aliphatic carbocycles. The van der Waals surface area contributed by atoms with Crippen molar-refractivity contribution in [3.05, 3.63) is 52.4 Å². The van der Waals surface area contributed by atoms with Crippen molar-refractivity contribution >= 4 is 26.6 Å². The standard InChI is InChI=1S/C14H13N3O4S/c18-13(16-10-5-6-22(20,21)8-10)7-17-9-15-12-4-2-1-3-11(12)14(17)19/h1-6,9-10H,7-8H2,(H,16,18)/t10-/m1/s1. The van der Waals surface area contributed by atoms with Crippen LogP contribution in [0.1, 0.15) is 0 Å². The van der Waals surface area contributed by atoms with Gasteiger partial charge < -0.3 is 5.32 Å². The van der Waals surface area contributed by atoms with E-state index in [0.29, 0.717) is 10.9 Å². The van der Waals surface area contributed by atoms with E-state index >= 15 is 0 Å². The van der Waals surface area contributed by atoms with Crippen molar-refractivity contribution in [2.24, 2.45) is 0 Å². The normalized spacial score (nSPS) is 19.4. The van der Waals surface area contributed by atoms with Gasteiger partial charge in [-0.1, -0.05) is 12.1 Å². The highest BCUT2D eigenvalue weighted by atomic mass is 32.2. The van der Waals surface area contributed by atoms with Gasteiger partial charge in [0.1, 0.15) is 6.54 Å². The van der Waals surface area contributed by atoms with E-state index in [4.69, 9.17) is 0 Å². The molecule has 0 unspecified atom stereocenters. The van der Waals surface area contributed by atoms with Crippen molar-refractivity contribution in [3.8, 4) is 0 Å². The summed E-state index contributed by atoms with van der Waals surface area (Å²) in [6.45, 7) is -0.207. The zero-order valence-electron chi connectivity index (χ0n) is 11.5. The molecule has 0 spiro atoms. The fraction of sp³-hybridized carbons (Fsp3) is 0.214. The van der Waals surface area contributed by atoms with E-state index in [0.717, 1.165) is 5.41 Å². The molecule has 0 radical (unpaired) electrons. The van der Waals surface area contributed by atoms with E-state index in [1.807, 2.05) is 0 Å². The third kappa shape index (κ3) is 2.91. The third-order valence-corrected chi connectivity index (χ3v) is 4.72. The van der Waals surface area contributed by atoms with Crippen molar-refractivity contribution < 1.29 is 13.2 Å². The molecule has 22 heavy (non-hydrogen) atoms. The molecule has 7 nitrogen and oxygen atoms in total. The summed E-state index contributed by atoms with van der Waals surface area (Å²) in [6, 6.07) is 6.31. The van der Waals surface area contributed by atoms with Gasteiger partial charge >= 0.3 is 0 Å². The molecular formula is C14H13N3O4S. The SMILES string of the molecule is O=C(Cn1cnc2ccccc2c1=O)N[C@@H]1C=CS(=O)(=O)C1. The lowest BCUT2D eigenvalue weighted by molar-refractivity contribution is -0.122. The number of hydrogen-bond acceptors (Lipinski definition) is 5. The average Bonchev–Trinajstić information content (AvgIpc) is 2.81. The zero-order chi connectivity index (χ0) is 15.7. The molecule has 0 saturated heterocycles. The van der Waals surface area contributed by atoms with Crippen LogP contribution in [0.4, 0.5) is 0 Å². The molecule has 1 amide bonds. The molecule has 2 heterocycles. The summed E-state index contributed by atoms with van der Waals surface area (Å²) in [5.74, 6) is -0.588. The largest absolute Gasteiger partial charge is 0.347 e. The summed E-state index contributed by atoms with van der Waals surface area (Å²) in [5.41, 5.74) is 0.254. The number of carbonyl (C=O) groups excluding carboxylic acids is 1. The van der Waals surface area contributed by atoms with Crippen molar-refractivity contribution in [1.29, 1.82) is 0 Å². The molecular weight excluding hydrogens is 306 g/mol. The number of benzene rings is 1. The number of nitrogens with one attached hydrogen (secondary N) is 1. The summed E-state index contributed by atoms with van der Waals surface area (Å²) in [5, 5.41) is 4.08. The molecule has 0 bridgehead atoms. The first kappa shape index (κ1) is 14.5. The Kier molecular flexibility index (Phi) is 3.53. The second-order valence-corrected chi connectivity index (χ2v) is 6.96. The summed E-state index contributed by atoms with van der Waals surface area (Å²) in [6.07, 6.45) is 2.74. The highest BCUT2D eigenvalue weighted by Crippen LogP contribution is 2.08. The first-order valence-corrected chi connectivity index (χ1v) is 8.31. The molecule has 1 atom stereocenters. The Bertz CT molecular complexity index is 930. The lowest BCUT2D eigenvalue weighted by atomic mass is 10.2.